The molecule has 0 saturated carbocycles. The predicted molar refractivity (Wildman–Crippen MR) is 142 cm³/mol. The Kier molecular flexibility index (Phi) is 22.4. The summed E-state index contributed by atoms with van der Waals surface area (Å²) >= 11 is 11.2. The molecule has 0 atom stereocenters. The van der Waals surface area contributed by atoms with Crippen LogP contribution in [0.5, 0.6) is 0 Å². The minimum absolute atomic E-state index is 0.0727. The van der Waals surface area contributed by atoms with Crippen molar-refractivity contribution >= 4 is 41.1 Å². The van der Waals surface area contributed by atoms with Crippen LogP contribution in [0.2, 0.25) is 10.0 Å². The Bertz CT molecular complexity index is 711. The molecule has 0 saturated heterocycles. The normalized spacial score (nSPS) is 10.2. The molecule has 36 heavy (non-hydrogen) atoms. The Labute approximate surface area is 225 Å². The van der Waals surface area contributed by atoms with Crippen molar-refractivity contribution in [3.63, 3.8) is 0 Å². The van der Waals surface area contributed by atoms with Crippen LogP contribution in [0.4, 0.5) is 0 Å². The van der Waals surface area contributed by atoms with E-state index in [2.05, 4.69) is 28.5 Å². The largest absolute Gasteiger partial charge is 0.374 e. The van der Waals surface area contributed by atoms with Crippen molar-refractivity contribution in [2.45, 2.75) is 117 Å². The molecule has 0 aliphatic rings. The molecule has 0 radical (unpaired) electrons. The molecule has 0 aliphatic heterocycles. The summed E-state index contributed by atoms with van der Waals surface area (Å²) in [5.41, 5.74) is 0.0727. The van der Waals surface area contributed by atoms with Gasteiger partial charge in [0.25, 0.3) is 0 Å². The number of benzene rings is 1. The number of carbonyl (C=O) groups is 3. The van der Waals surface area contributed by atoms with E-state index < -0.39 is 17.9 Å². The van der Waals surface area contributed by atoms with Gasteiger partial charge in [-0.2, -0.15) is 5.26 Å². The molecule has 0 unspecified atom stereocenters. The van der Waals surface area contributed by atoms with E-state index in [1.165, 1.54) is 69.6 Å². The fourth-order valence-electron chi connectivity index (χ4n) is 3.33. The number of rotatable bonds is 17. The minimum atomic E-state index is -0.906. The van der Waals surface area contributed by atoms with Gasteiger partial charge in [-0.15, -0.1) is 0 Å². The lowest BCUT2D eigenvalue weighted by Gasteiger charge is -2.04. The van der Waals surface area contributed by atoms with Crippen molar-refractivity contribution in [2.24, 2.45) is 0 Å². The molecule has 1 aromatic rings. The first-order valence-electron chi connectivity index (χ1n) is 13.1. The van der Waals surface area contributed by atoms with E-state index in [0.29, 0.717) is 17.9 Å². The van der Waals surface area contributed by atoms with E-state index in [1.54, 1.807) is 0 Å². The summed E-state index contributed by atoms with van der Waals surface area (Å²) in [6.45, 7) is 4.40. The number of halogens is 2. The van der Waals surface area contributed by atoms with Crippen LogP contribution in [0, 0.1) is 0 Å². The van der Waals surface area contributed by atoms with Crippen molar-refractivity contribution in [1.82, 2.24) is 0 Å². The second kappa shape index (κ2) is 23.6. The lowest BCUT2D eigenvalue weighted by Crippen LogP contribution is -2.11. The summed E-state index contributed by atoms with van der Waals surface area (Å²) in [4.78, 5) is 46.3. The van der Waals surface area contributed by atoms with Gasteiger partial charge in [-0.25, -0.2) is 24.2 Å². The summed E-state index contributed by atoms with van der Waals surface area (Å²) in [7, 11) is 0. The van der Waals surface area contributed by atoms with Gasteiger partial charge in [-0.1, -0.05) is 114 Å². The Morgan fingerprint density at radius 3 is 1.50 bits per heavy atom. The smallest absolute Gasteiger partial charge is 0.295 e. The maximum Gasteiger partial charge on any atom is 0.374 e. The third-order valence-electron chi connectivity index (χ3n) is 5.43. The van der Waals surface area contributed by atoms with Crippen molar-refractivity contribution in [1.29, 1.82) is 0 Å². The molecule has 0 amide bonds. The topological polar surface area (TPSA) is 99.1 Å². The van der Waals surface area contributed by atoms with Crippen LogP contribution in [-0.2, 0) is 24.3 Å². The van der Waals surface area contributed by atoms with Gasteiger partial charge in [0.2, 0.25) is 0 Å². The molecule has 0 fully saturated rings. The van der Waals surface area contributed by atoms with E-state index >= 15 is 0 Å². The van der Waals surface area contributed by atoms with E-state index in [1.807, 2.05) is 0 Å². The molecule has 0 heterocycles. The Morgan fingerprint density at radius 2 is 1.11 bits per heavy atom. The number of hydrogen-bond donors (Lipinski definition) is 1. The van der Waals surface area contributed by atoms with Crippen LogP contribution in [0.15, 0.2) is 18.2 Å². The van der Waals surface area contributed by atoms with Crippen LogP contribution >= 0.6 is 23.2 Å². The van der Waals surface area contributed by atoms with Gasteiger partial charge < -0.3 is 0 Å². The van der Waals surface area contributed by atoms with E-state index in [9.17, 15) is 14.4 Å². The average Bonchev–Trinajstić information content (AvgIpc) is 2.86. The highest BCUT2D eigenvalue weighted by Crippen LogP contribution is 2.21. The molecular weight excluding hydrogens is 507 g/mol. The van der Waals surface area contributed by atoms with E-state index in [0.717, 1.165) is 38.5 Å². The highest BCUT2D eigenvalue weighted by atomic mass is 35.5. The Morgan fingerprint density at radius 1 is 0.694 bits per heavy atom. The zero-order valence-corrected chi connectivity index (χ0v) is 23.2. The van der Waals surface area contributed by atoms with Gasteiger partial charge >= 0.3 is 17.9 Å². The molecule has 1 rings (SSSR count). The summed E-state index contributed by atoms with van der Waals surface area (Å²) in [6.07, 6.45) is 16.7. The van der Waals surface area contributed by atoms with Gasteiger partial charge in [0.05, 0.1) is 23.4 Å². The van der Waals surface area contributed by atoms with Crippen molar-refractivity contribution in [3.8, 4) is 0 Å². The quantitative estimate of drug-likeness (QED) is 0.118. The fraction of sp³-hybridized carbons (Fsp3) is 0.667. The molecule has 206 valence electrons. The second-order valence-corrected chi connectivity index (χ2v) is 9.50. The first-order valence-corrected chi connectivity index (χ1v) is 13.8. The molecule has 0 aromatic heterocycles. The first kappa shape index (κ1) is 34.2. The summed E-state index contributed by atoms with van der Waals surface area (Å²) in [6, 6.07) is 4.22. The van der Waals surface area contributed by atoms with Gasteiger partial charge in [-0.3, -0.25) is 4.89 Å². The number of unbranched alkanes of at least 4 members (excludes halogenated alkanes) is 12. The monoisotopic (exact) mass is 548 g/mol. The molecule has 7 nitrogen and oxygen atoms in total. The van der Waals surface area contributed by atoms with Crippen LogP contribution in [0.3, 0.4) is 0 Å². The maximum absolute atomic E-state index is 11.5. The summed E-state index contributed by atoms with van der Waals surface area (Å²) in [5.74, 6) is -1.77. The van der Waals surface area contributed by atoms with E-state index in [4.69, 9.17) is 28.5 Å². The third kappa shape index (κ3) is 19.4. The molecule has 0 bridgehead atoms. The Balaban J connectivity index is 0.000000846. The predicted octanol–water partition coefficient (Wildman–Crippen LogP) is 8.89. The lowest BCUT2D eigenvalue weighted by molar-refractivity contribution is -0.259. The maximum atomic E-state index is 11.5. The Hall–Kier alpha value is -1.83. The van der Waals surface area contributed by atoms with Gasteiger partial charge in [0.15, 0.2) is 0 Å². The van der Waals surface area contributed by atoms with Crippen molar-refractivity contribution in [3.05, 3.63) is 33.8 Å². The van der Waals surface area contributed by atoms with Crippen LogP contribution in [-0.4, -0.2) is 23.2 Å². The van der Waals surface area contributed by atoms with Gasteiger partial charge in [-0.05, 0) is 31.0 Å². The minimum Gasteiger partial charge on any atom is -0.295 e. The number of carbonyl (C=O) groups excluding carboxylic acids is 3. The second-order valence-electron chi connectivity index (χ2n) is 8.66. The SMILES string of the molecule is CCCCCCCCCC(=O)OOC(=O)CCCCCCCCC.O=C(OO)c1ccc(Cl)cc1Cl. The highest BCUT2D eigenvalue weighted by Gasteiger charge is 2.11. The third-order valence-corrected chi connectivity index (χ3v) is 5.98. The van der Waals surface area contributed by atoms with Crippen LogP contribution < -0.4 is 0 Å². The molecule has 1 N–H and O–H groups in total. The van der Waals surface area contributed by atoms with E-state index in [-0.39, 0.29) is 10.6 Å². The molecule has 9 heteroatoms. The number of hydrogen-bond acceptors (Lipinski definition) is 7. The van der Waals surface area contributed by atoms with Crippen molar-refractivity contribution < 1.29 is 34.3 Å². The van der Waals surface area contributed by atoms with Crippen LogP contribution in [0.1, 0.15) is 127 Å². The van der Waals surface area contributed by atoms with Gasteiger partial charge in [0.1, 0.15) is 0 Å². The molecular formula is C27H42Cl2O7. The average molecular weight is 550 g/mol. The summed E-state index contributed by atoms with van der Waals surface area (Å²) in [5, 5.41) is 8.59. The molecule has 0 spiro atoms. The zero-order valence-electron chi connectivity index (χ0n) is 21.7. The molecule has 1 aromatic carbocycles. The standard InChI is InChI=1S/C20H38O4.C7H4Cl2O3/c1-3-5-7-9-11-13-15-17-19(21)23-24-20(22)18-16-14-12-10-8-6-4-2;8-4-1-2-5(6(9)3-4)7(10)12-11/h3-18H2,1-2H3;1-3,11H. The lowest BCUT2D eigenvalue weighted by atomic mass is 10.1. The van der Waals surface area contributed by atoms with Gasteiger partial charge in [0, 0.05) is 5.02 Å². The van der Waals surface area contributed by atoms with Crippen LogP contribution in [0.25, 0.3) is 0 Å². The van der Waals surface area contributed by atoms with Crippen molar-refractivity contribution in [2.75, 3.05) is 0 Å². The first-order chi connectivity index (χ1) is 17.3. The highest BCUT2D eigenvalue weighted by molar-refractivity contribution is 6.36. The fourth-order valence-corrected chi connectivity index (χ4v) is 3.82. The molecule has 0 aliphatic carbocycles. The zero-order chi connectivity index (χ0) is 27.0. The summed E-state index contributed by atoms with van der Waals surface area (Å²) < 4.78 is 0.